The SMILES string of the molecule is CCC1CCC(Nc2ccc(N)c(N)c2)C1C. The first kappa shape index (κ1) is 12.1. The fraction of sp³-hybridized carbons (Fsp3) is 0.571. The minimum Gasteiger partial charge on any atom is -0.397 e. The third-order valence-corrected chi connectivity index (χ3v) is 4.19. The predicted molar refractivity (Wildman–Crippen MR) is 74.9 cm³/mol. The van der Waals surface area contributed by atoms with E-state index in [2.05, 4.69) is 19.2 Å². The highest BCUT2D eigenvalue weighted by Gasteiger charge is 2.31. The number of rotatable bonds is 3. The van der Waals surface area contributed by atoms with Gasteiger partial charge in [-0.15, -0.1) is 0 Å². The number of hydrogen-bond donors (Lipinski definition) is 3. The Balaban J connectivity index is 2.04. The minimum absolute atomic E-state index is 0.572. The number of nitrogens with two attached hydrogens (primary N) is 2. The number of anilines is 3. The Hall–Kier alpha value is -1.38. The van der Waals surface area contributed by atoms with E-state index in [1.807, 2.05) is 18.2 Å². The van der Waals surface area contributed by atoms with E-state index in [4.69, 9.17) is 11.5 Å². The lowest BCUT2D eigenvalue weighted by Crippen LogP contribution is -2.24. The molecule has 0 amide bonds. The zero-order valence-electron chi connectivity index (χ0n) is 10.7. The van der Waals surface area contributed by atoms with E-state index in [1.165, 1.54) is 19.3 Å². The van der Waals surface area contributed by atoms with Crippen molar-refractivity contribution in [3.63, 3.8) is 0 Å². The maximum atomic E-state index is 5.82. The monoisotopic (exact) mass is 233 g/mol. The second kappa shape index (κ2) is 4.86. The molecule has 3 atom stereocenters. The molecule has 1 aromatic carbocycles. The van der Waals surface area contributed by atoms with Crippen LogP contribution in [0.2, 0.25) is 0 Å². The van der Waals surface area contributed by atoms with Crippen molar-refractivity contribution in [1.29, 1.82) is 0 Å². The lowest BCUT2D eigenvalue weighted by atomic mass is 9.93. The van der Waals surface area contributed by atoms with Gasteiger partial charge in [0.15, 0.2) is 0 Å². The second-order valence-corrected chi connectivity index (χ2v) is 5.20. The number of nitrogens with one attached hydrogen (secondary N) is 1. The Morgan fingerprint density at radius 2 is 2.00 bits per heavy atom. The molecule has 17 heavy (non-hydrogen) atoms. The predicted octanol–water partition coefficient (Wildman–Crippen LogP) is 3.09. The van der Waals surface area contributed by atoms with Crippen LogP contribution in [0.5, 0.6) is 0 Å². The van der Waals surface area contributed by atoms with Crippen LogP contribution in [0.15, 0.2) is 18.2 Å². The summed E-state index contributed by atoms with van der Waals surface area (Å²) in [6.07, 6.45) is 3.87. The smallest absolute Gasteiger partial charge is 0.0568 e. The summed E-state index contributed by atoms with van der Waals surface area (Å²) < 4.78 is 0. The summed E-state index contributed by atoms with van der Waals surface area (Å²) in [4.78, 5) is 0. The van der Waals surface area contributed by atoms with Gasteiger partial charge in [-0.3, -0.25) is 0 Å². The van der Waals surface area contributed by atoms with E-state index in [0.29, 0.717) is 17.4 Å². The van der Waals surface area contributed by atoms with Crippen LogP contribution in [0, 0.1) is 11.8 Å². The molecule has 3 heteroatoms. The third kappa shape index (κ3) is 2.48. The average molecular weight is 233 g/mol. The summed E-state index contributed by atoms with van der Waals surface area (Å²) in [7, 11) is 0. The van der Waals surface area contributed by atoms with Crippen molar-refractivity contribution in [3.05, 3.63) is 18.2 Å². The Labute approximate surface area is 104 Å². The number of hydrogen-bond acceptors (Lipinski definition) is 3. The number of benzene rings is 1. The summed E-state index contributed by atoms with van der Waals surface area (Å²) in [6, 6.07) is 6.39. The fourth-order valence-electron chi connectivity index (χ4n) is 2.91. The van der Waals surface area contributed by atoms with Gasteiger partial charge in [-0.25, -0.2) is 0 Å². The first-order chi connectivity index (χ1) is 8.11. The van der Waals surface area contributed by atoms with Crippen LogP contribution in [0.3, 0.4) is 0 Å². The zero-order chi connectivity index (χ0) is 12.4. The lowest BCUT2D eigenvalue weighted by molar-refractivity contribution is 0.392. The molecule has 94 valence electrons. The van der Waals surface area contributed by atoms with Crippen molar-refractivity contribution in [2.45, 2.75) is 39.2 Å². The van der Waals surface area contributed by atoms with Crippen LogP contribution < -0.4 is 16.8 Å². The van der Waals surface area contributed by atoms with Crippen LogP contribution in [0.4, 0.5) is 17.1 Å². The van der Waals surface area contributed by atoms with E-state index >= 15 is 0 Å². The molecule has 0 aromatic heterocycles. The largest absolute Gasteiger partial charge is 0.397 e. The molecule has 2 rings (SSSR count). The van der Waals surface area contributed by atoms with Crippen molar-refractivity contribution < 1.29 is 0 Å². The summed E-state index contributed by atoms with van der Waals surface area (Å²) in [5, 5.41) is 3.59. The minimum atomic E-state index is 0.572. The fourth-order valence-corrected chi connectivity index (χ4v) is 2.91. The Morgan fingerprint density at radius 1 is 1.24 bits per heavy atom. The molecule has 0 saturated heterocycles. The molecule has 0 radical (unpaired) electrons. The van der Waals surface area contributed by atoms with Gasteiger partial charge in [0.05, 0.1) is 11.4 Å². The van der Waals surface area contributed by atoms with Gasteiger partial charge in [0.2, 0.25) is 0 Å². The normalized spacial score (nSPS) is 28.2. The van der Waals surface area contributed by atoms with Gasteiger partial charge < -0.3 is 16.8 Å². The van der Waals surface area contributed by atoms with Crippen LogP contribution in [0.25, 0.3) is 0 Å². The van der Waals surface area contributed by atoms with Gasteiger partial charge in [0, 0.05) is 11.7 Å². The summed E-state index contributed by atoms with van der Waals surface area (Å²) >= 11 is 0. The van der Waals surface area contributed by atoms with Crippen LogP contribution in [-0.2, 0) is 0 Å². The van der Waals surface area contributed by atoms with Gasteiger partial charge in [-0.2, -0.15) is 0 Å². The second-order valence-electron chi connectivity index (χ2n) is 5.20. The molecule has 5 N–H and O–H groups in total. The first-order valence-electron chi connectivity index (χ1n) is 6.53. The maximum Gasteiger partial charge on any atom is 0.0568 e. The molecule has 3 nitrogen and oxygen atoms in total. The van der Waals surface area contributed by atoms with Crippen LogP contribution in [0.1, 0.15) is 33.1 Å². The molecule has 1 saturated carbocycles. The molecule has 3 unspecified atom stereocenters. The highest BCUT2D eigenvalue weighted by atomic mass is 14.9. The van der Waals surface area contributed by atoms with Gasteiger partial charge in [0.1, 0.15) is 0 Å². The molecule has 1 aromatic rings. The maximum absolute atomic E-state index is 5.82. The summed E-state index contributed by atoms with van der Waals surface area (Å²) in [5.74, 6) is 1.59. The molecular formula is C14H23N3. The molecule has 0 aliphatic heterocycles. The van der Waals surface area contributed by atoms with Crippen molar-refractivity contribution in [3.8, 4) is 0 Å². The van der Waals surface area contributed by atoms with Crippen LogP contribution >= 0.6 is 0 Å². The van der Waals surface area contributed by atoms with E-state index in [9.17, 15) is 0 Å². The third-order valence-electron chi connectivity index (χ3n) is 4.19. The van der Waals surface area contributed by atoms with Gasteiger partial charge in [-0.1, -0.05) is 20.3 Å². The van der Waals surface area contributed by atoms with Crippen molar-refractivity contribution in [1.82, 2.24) is 0 Å². The van der Waals surface area contributed by atoms with Crippen molar-refractivity contribution in [2.24, 2.45) is 11.8 Å². The van der Waals surface area contributed by atoms with Crippen molar-refractivity contribution >= 4 is 17.1 Å². The average Bonchev–Trinajstić information content (AvgIpc) is 2.65. The summed E-state index contributed by atoms with van der Waals surface area (Å²) in [5.41, 5.74) is 13.9. The molecule has 0 bridgehead atoms. The highest BCUT2D eigenvalue weighted by Crippen LogP contribution is 2.36. The van der Waals surface area contributed by atoms with Gasteiger partial charge >= 0.3 is 0 Å². The van der Waals surface area contributed by atoms with E-state index < -0.39 is 0 Å². The molecule has 0 heterocycles. The van der Waals surface area contributed by atoms with E-state index in [-0.39, 0.29) is 0 Å². The van der Waals surface area contributed by atoms with Crippen molar-refractivity contribution in [2.75, 3.05) is 16.8 Å². The molecule has 1 aliphatic carbocycles. The topological polar surface area (TPSA) is 64.1 Å². The van der Waals surface area contributed by atoms with Gasteiger partial charge in [-0.05, 0) is 42.9 Å². The lowest BCUT2D eigenvalue weighted by Gasteiger charge is -2.22. The van der Waals surface area contributed by atoms with E-state index in [0.717, 1.165) is 17.5 Å². The molecule has 0 spiro atoms. The standard InChI is InChI=1S/C14H23N3/c1-3-10-4-7-14(9(10)2)17-11-5-6-12(15)13(16)8-11/h5-6,8-10,14,17H,3-4,7,15-16H2,1-2H3. The van der Waals surface area contributed by atoms with Gasteiger partial charge in [0.25, 0.3) is 0 Å². The Bertz CT molecular complexity index is 389. The number of nitrogen functional groups attached to an aromatic ring is 2. The molecular weight excluding hydrogens is 210 g/mol. The molecule has 1 aliphatic rings. The first-order valence-corrected chi connectivity index (χ1v) is 6.53. The quantitative estimate of drug-likeness (QED) is 0.703. The Morgan fingerprint density at radius 3 is 2.59 bits per heavy atom. The Kier molecular flexibility index (Phi) is 3.46. The van der Waals surface area contributed by atoms with Crippen LogP contribution in [-0.4, -0.2) is 6.04 Å². The van der Waals surface area contributed by atoms with E-state index in [1.54, 1.807) is 0 Å². The summed E-state index contributed by atoms with van der Waals surface area (Å²) in [6.45, 7) is 4.63. The highest BCUT2D eigenvalue weighted by molar-refractivity contribution is 5.69. The molecule has 1 fully saturated rings. The zero-order valence-corrected chi connectivity index (χ0v) is 10.7.